The third-order valence-electron chi connectivity index (χ3n) is 6.51. The van der Waals surface area contributed by atoms with Crippen molar-refractivity contribution in [2.45, 2.75) is 57.3 Å². The fourth-order valence-corrected chi connectivity index (χ4v) is 5.52. The van der Waals surface area contributed by atoms with Gasteiger partial charge < -0.3 is 0 Å². The van der Waals surface area contributed by atoms with Crippen molar-refractivity contribution in [2.75, 3.05) is 0 Å². The van der Waals surface area contributed by atoms with Gasteiger partial charge in [0, 0.05) is 23.1 Å². The molecule has 0 aliphatic heterocycles. The van der Waals surface area contributed by atoms with E-state index in [2.05, 4.69) is 42.8 Å². The first kappa shape index (κ1) is 12.9. The molecule has 1 nitrogen and oxygen atoms in total. The molecule has 0 saturated carbocycles. The minimum absolute atomic E-state index is 0.863. The summed E-state index contributed by atoms with van der Waals surface area (Å²) in [4.78, 5) is 0. The van der Waals surface area contributed by atoms with Gasteiger partial charge in [-0.2, -0.15) is 4.57 Å². The lowest BCUT2D eigenvalue weighted by Gasteiger charge is -2.26. The molecule has 3 aliphatic carbocycles. The first-order chi connectivity index (χ1) is 10.8. The lowest BCUT2D eigenvalue weighted by Crippen LogP contribution is -2.38. The van der Waals surface area contributed by atoms with Crippen LogP contribution in [-0.2, 0) is 19.9 Å². The van der Waals surface area contributed by atoms with Crippen molar-refractivity contribution in [2.24, 2.45) is 7.05 Å². The second-order valence-corrected chi connectivity index (χ2v) is 7.52. The van der Waals surface area contributed by atoms with Crippen LogP contribution in [0.3, 0.4) is 0 Å². The fraction of sp³-hybridized carbons (Fsp3) is 0.476. The Kier molecular flexibility index (Phi) is 2.60. The summed E-state index contributed by atoms with van der Waals surface area (Å²) in [5, 5.41) is 0. The smallest absolute Gasteiger partial charge is 0.198 e. The van der Waals surface area contributed by atoms with Crippen LogP contribution in [0.2, 0.25) is 0 Å². The first-order valence-electron chi connectivity index (χ1n) is 8.89. The number of hydrogen-bond donors (Lipinski definition) is 0. The maximum absolute atomic E-state index is 2.56. The van der Waals surface area contributed by atoms with E-state index in [1.54, 1.807) is 22.4 Å². The number of aryl methyl sites for hydroxylation is 1. The Balaban J connectivity index is 1.87. The van der Waals surface area contributed by atoms with E-state index in [1.807, 2.05) is 0 Å². The number of pyridine rings is 1. The molecule has 5 rings (SSSR count). The molecule has 2 unspecified atom stereocenters. The highest BCUT2D eigenvalue weighted by Crippen LogP contribution is 2.53. The van der Waals surface area contributed by atoms with Crippen molar-refractivity contribution in [3.8, 4) is 11.3 Å². The van der Waals surface area contributed by atoms with Gasteiger partial charge in [-0.05, 0) is 68.1 Å². The van der Waals surface area contributed by atoms with Crippen molar-refractivity contribution in [1.82, 2.24) is 0 Å². The lowest BCUT2D eigenvalue weighted by molar-refractivity contribution is -0.668. The van der Waals surface area contributed by atoms with Crippen LogP contribution >= 0.6 is 0 Å². The summed E-state index contributed by atoms with van der Waals surface area (Å²) >= 11 is 0. The Hall–Kier alpha value is -1.63. The van der Waals surface area contributed by atoms with Crippen LogP contribution in [0, 0.1) is 6.92 Å². The Morgan fingerprint density at radius 3 is 2.45 bits per heavy atom. The monoisotopic (exact) mass is 290 g/mol. The van der Waals surface area contributed by atoms with Crippen LogP contribution in [0.4, 0.5) is 0 Å². The normalized spacial score (nSPS) is 24.6. The third-order valence-corrected chi connectivity index (χ3v) is 6.51. The van der Waals surface area contributed by atoms with Crippen molar-refractivity contribution in [3.05, 3.63) is 52.2 Å². The third kappa shape index (κ3) is 1.52. The van der Waals surface area contributed by atoms with Crippen LogP contribution in [0.15, 0.2) is 24.3 Å². The van der Waals surface area contributed by atoms with Gasteiger partial charge in [-0.1, -0.05) is 18.2 Å². The molecule has 1 aromatic carbocycles. The zero-order valence-corrected chi connectivity index (χ0v) is 13.7. The summed E-state index contributed by atoms with van der Waals surface area (Å²) in [5.41, 5.74) is 11.3. The average molecular weight is 290 g/mol. The van der Waals surface area contributed by atoms with Crippen LogP contribution in [-0.4, -0.2) is 0 Å². The summed E-state index contributed by atoms with van der Waals surface area (Å²) in [7, 11) is 2.32. The largest absolute Gasteiger partial charge is 0.216 e. The average Bonchev–Trinajstić information content (AvgIpc) is 3.12. The van der Waals surface area contributed by atoms with Crippen LogP contribution in [0.1, 0.15) is 65.5 Å². The Labute approximate surface area is 133 Å². The molecule has 3 aliphatic rings. The Bertz CT molecular complexity index is 787. The van der Waals surface area contributed by atoms with Gasteiger partial charge in [0.1, 0.15) is 7.05 Å². The highest BCUT2D eigenvalue weighted by molar-refractivity contribution is 5.68. The fourth-order valence-electron chi connectivity index (χ4n) is 5.52. The molecule has 0 radical (unpaired) electrons. The summed E-state index contributed by atoms with van der Waals surface area (Å²) in [5.74, 6) is 1.73. The quantitative estimate of drug-likeness (QED) is 0.688. The molecule has 0 saturated heterocycles. The van der Waals surface area contributed by atoms with Crippen molar-refractivity contribution < 1.29 is 4.57 Å². The van der Waals surface area contributed by atoms with Gasteiger partial charge in [-0.15, -0.1) is 0 Å². The first-order valence-corrected chi connectivity index (χ1v) is 8.89. The summed E-state index contributed by atoms with van der Waals surface area (Å²) < 4.78 is 2.56. The molecular weight excluding hydrogens is 266 g/mol. The molecule has 0 bridgehead atoms. The minimum Gasteiger partial charge on any atom is -0.198 e. The Morgan fingerprint density at radius 1 is 0.909 bits per heavy atom. The zero-order valence-electron chi connectivity index (χ0n) is 13.7. The number of aromatic nitrogens is 1. The molecule has 112 valence electrons. The van der Waals surface area contributed by atoms with Gasteiger partial charge >= 0.3 is 0 Å². The molecule has 1 heterocycles. The molecular formula is C21H24N+. The number of nitrogens with zero attached hydrogens (tertiary/aromatic N) is 1. The minimum atomic E-state index is 0.863. The topological polar surface area (TPSA) is 3.88 Å². The highest BCUT2D eigenvalue weighted by Gasteiger charge is 2.44. The van der Waals surface area contributed by atoms with Gasteiger partial charge in [0.15, 0.2) is 5.69 Å². The van der Waals surface area contributed by atoms with Crippen molar-refractivity contribution in [1.29, 1.82) is 0 Å². The zero-order chi connectivity index (χ0) is 14.8. The van der Waals surface area contributed by atoms with E-state index in [0.29, 0.717) is 0 Å². The van der Waals surface area contributed by atoms with Crippen molar-refractivity contribution in [3.63, 3.8) is 0 Å². The van der Waals surface area contributed by atoms with Gasteiger partial charge in [0.2, 0.25) is 5.69 Å². The summed E-state index contributed by atoms with van der Waals surface area (Å²) in [6, 6.07) is 8.94. The second kappa shape index (κ2) is 4.44. The van der Waals surface area contributed by atoms with Gasteiger partial charge in [-0.3, -0.25) is 0 Å². The van der Waals surface area contributed by atoms with Gasteiger partial charge in [-0.25, -0.2) is 0 Å². The van der Waals surface area contributed by atoms with Crippen LogP contribution in [0.25, 0.3) is 11.3 Å². The van der Waals surface area contributed by atoms with Crippen LogP contribution in [0.5, 0.6) is 0 Å². The van der Waals surface area contributed by atoms with E-state index in [0.717, 1.165) is 11.8 Å². The van der Waals surface area contributed by atoms with Crippen molar-refractivity contribution >= 4 is 0 Å². The Morgan fingerprint density at radius 2 is 1.64 bits per heavy atom. The molecule has 22 heavy (non-hydrogen) atoms. The predicted molar refractivity (Wildman–Crippen MR) is 89.1 cm³/mol. The molecule has 1 heteroatoms. The van der Waals surface area contributed by atoms with E-state index in [9.17, 15) is 0 Å². The molecule has 0 amide bonds. The van der Waals surface area contributed by atoms with E-state index in [1.165, 1.54) is 55.3 Å². The molecule has 1 aromatic heterocycles. The van der Waals surface area contributed by atoms with E-state index in [-0.39, 0.29) is 0 Å². The summed E-state index contributed by atoms with van der Waals surface area (Å²) in [6.07, 6.45) is 8.22. The molecule has 0 N–H and O–H groups in total. The standard InChI is InChI=1S/C21H24N/c1-13-5-3-4-6-16(13)21-17-11-9-14-7-8-15-10-12-18(22(21)2)20(15)19(14)17/h3-6,14-15H,7-12H2,1-2H3/q+1. The van der Waals surface area contributed by atoms with E-state index >= 15 is 0 Å². The maximum Gasteiger partial charge on any atom is 0.216 e. The van der Waals surface area contributed by atoms with Gasteiger partial charge in [0.05, 0.1) is 0 Å². The van der Waals surface area contributed by atoms with Crippen LogP contribution < -0.4 is 4.57 Å². The lowest BCUT2D eigenvalue weighted by atomic mass is 9.78. The second-order valence-electron chi connectivity index (χ2n) is 7.52. The summed E-state index contributed by atoms with van der Waals surface area (Å²) in [6.45, 7) is 2.26. The van der Waals surface area contributed by atoms with E-state index in [4.69, 9.17) is 0 Å². The highest BCUT2D eigenvalue weighted by atomic mass is 15.0. The number of hydrogen-bond acceptors (Lipinski definition) is 0. The molecule has 0 fully saturated rings. The molecule has 2 atom stereocenters. The number of benzene rings is 1. The molecule has 2 aromatic rings. The molecule has 0 spiro atoms. The van der Waals surface area contributed by atoms with E-state index < -0.39 is 0 Å². The van der Waals surface area contributed by atoms with Gasteiger partial charge in [0.25, 0.3) is 0 Å². The predicted octanol–water partition coefficient (Wildman–Crippen LogP) is 4.34. The number of rotatable bonds is 1. The SMILES string of the molecule is Cc1ccccc1-c1c2c3c4c([n+]1C)CCC4CCC3CC2. The maximum atomic E-state index is 2.56.